The molecule has 92 valence electrons. The van der Waals surface area contributed by atoms with Crippen molar-refractivity contribution < 1.29 is 0 Å². The van der Waals surface area contributed by atoms with E-state index in [4.69, 9.17) is 5.73 Å². The van der Waals surface area contributed by atoms with E-state index < -0.39 is 0 Å². The summed E-state index contributed by atoms with van der Waals surface area (Å²) in [4.78, 5) is 7.93. The molecule has 0 aliphatic carbocycles. The second-order valence-electron chi connectivity index (χ2n) is 4.22. The Hall–Kier alpha value is -0.910. The van der Waals surface area contributed by atoms with Crippen molar-refractivity contribution in [1.82, 2.24) is 4.98 Å². The summed E-state index contributed by atoms with van der Waals surface area (Å²) >= 11 is 3.42. The molecule has 1 atom stereocenters. The molecule has 3 nitrogen and oxygen atoms in total. The van der Waals surface area contributed by atoms with Gasteiger partial charge in [-0.25, -0.2) is 4.98 Å². The Morgan fingerprint density at radius 2 is 2.29 bits per heavy atom. The average molecular weight is 267 g/mol. The molecule has 17 heavy (non-hydrogen) atoms. The van der Waals surface area contributed by atoms with Crippen molar-refractivity contribution >= 4 is 27.8 Å². The van der Waals surface area contributed by atoms with Crippen molar-refractivity contribution in [3.05, 3.63) is 33.0 Å². The summed E-state index contributed by atoms with van der Waals surface area (Å²) < 4.78 is 0. The van der Waals surface area contributed by atoms with Gasteiger partial charge in [-0.3, -0.25) is 0 Å². The lowest BCUT2D eigenvalue weighted by Crippen LogP contribution is -2.15. The van der Waals surface area contributed by atoms with Crippen molar-refractivity contribution in [2.24, 2.45) is 5.73 Å². The first-order valence-corrected chi connectivity index (χ1v) is 7.29. The van der Waals surface area contributed by atoms with Gasteiger partial charge in [-0.2, -0.15) is 11.3 Å². The van der Waals surface area contributed by atoms with Crippen LogP contribution in [0.3, 0.4) is 0 Å². The van der Waals surface area contributed by atoms with Crippen molar-refractivity contribution in [2.75, 3.05) is 11.9 Å². The molecule has 0 saturated carbocycles. The molecule has 0 radical (unpaired) electrons. The van der Waals surface area contributed by atoms with Gasteiger partial charge in [0.2, 0.25) is 0 Å². The molecule has 2 aromatic heterocycles. The molecule has 2 N–H and O–H groups in total. The van der Waals surface area contributed by atoms with E-state index in [9.17, 15) is 0 Å². The van der Waals surface area contributed by atoms with Crippen LogP contribution in [0.15, 0.2) is 16.8 Å². The largest absolute Gasteiger partial charge is 0.347 e. The minimum Gasteiger partial charge on any atom is -0.347 e. The molecule has 0 fully saturated rings. The van der Waals surface area contributed by atoms with Crippen LogP contribution in [0.5, 0.6) is 0 Å². The van der Waals surface area contributed by atoms with Crippen molar-refractivity contribution in [3.63, 3.8) is 0 Å². The van der Waals surface area contributed by atoms with Gasteiger partial charge >= 0.3 is 0 Å². The summed E-state index contributed by atoms with van der Waals surface area (Å²) in [5.74, 6) is 0. The number of anilines is 1. The average Bonchev–Trinajstić information content (AvgIpc) is 2.86. The van der Waals surface area contributed by atoms with E-state index in [1.807, 2.05) is 13.8 Å². The molecule has 0 aromatic carbocycles. The van der Waals surface area contributed by atoms with E-state index in [1.165, 1.54) is 10.4 Å². The van der Waals surface area contributed by atoms with Gasteiger partial charge in [0.15, 0.2) is 5.13 Å². The second kappa shape index (κ2) is 5.16. The molecule has 5 heteroatoms. The Morgan fingerprint density at radius 1 is 1.53 bits per heavy atom. The van der Waals surface area contributed by atoms with Crippen LogP contribution in [-0.4, -0.2) is 12.0 Å². The van der Waals surface area contributed by atoms with Crippen LogP contribution in [0.25, 0.3) is 0 Å². The van der Waals surface area contributed by atoms with Crippen LogP contribution >= 0.6 is 22.7 Å². The lowest BCUT2D eigenvalue weighted by Gasteiger charge is -2.14. The number of rotatable bonds is 4. The first-order valence-electron chi connectivity index (χ1n) is 5.53. The van der Waals surface area contributed by atoms with Gasteiger partial charge < -0.3 is 10.6 Å². The molecule has 2 aromatic rings. The predicted molar refractivity (Wildman–Crippen MR) is 75.9 cm³/mol. The summed E-state index contributed by atoms with van der Waals surface area (Å²) in [5, 5.41) is 5.31. The van der Waals surface area contributed by atoms with E-state index in [1.54, 1.807) is 22.7 Å². The minimum atomic E-state index is 0.0656. The summed E-state index contributed by atoms with van der Waals surface area (Å²) in [5.41, 5.74) is 8.30. The van der Waals surface area contributed by atoms with Gasteiger partial charge in [-0.1, -0.05) is 0 Å². The number of nitrogens with zero attached hydrogens (tertiary/aromatic N) is 2. The van der Waals surface area contributed by atoms with Crippen molar-refractivity contribution in [2.45, 2.75) is 26.4 Å². The fourth-order valence-electron chi connectivity index (χ4n) is 1.70. The van der Waals surface area contributed by atoms with Crippen LogP contribution in [0.1, 0.15) is 29.1 Å². The molecule has 0 aliphatic heterocycles. The van der Waals surface area contributed by atoms with Crippen molar-refractivity contribution in [1.29, 1.82) is 0 Å². The number of hydrogen-bond acceptors (Lipinski definition) is 5. The van der Waals surface area contributed by atoms with Gasteiger partial charge in [0.1, 0.15) is 0 Å². The zero-order chi connectivity index (χ0) is 12.4. The number of aromatic nitrogens is 1. The lowest BCUT2D eigenvalue weighted by atomic mass is 10.2. The third kappa shape index (κ3) is 2.86. The number of thiazole rings is 1. The molecule has 0 saturated heterocycles. The first kappa shape index (κ1) is 12.5. The third-order valence-corrected chi connectivity index (χ3v) is 4.77. The molecule has 2 heterocycles. The van der Waals surface area contributed by atoms with E-state index >= 15 is 0 Å². The number of hydrogen-bond donors (Lipinski definition) is 1. The van der Waals surface area contributed by atoms with Crippen molar-refractivity contribution in [3.8, 4) is 0 Å². The van der Waals surface area contributed by atoms with E-state index in [0.717, 1.165) is 17.4 Å². The van der Waals surface area contributed by atoms with Gasteiger partial charge in [0, 0.05) is 24.5 Å². The SMILES string of the molecule is Cc1nc(N(C)Cc2ccsc2)sc1C(C)N. The number of aryl methyl sites for hydroxylation is 1. The highest BCUT2D eigenvalue weighted by atomic mass is 32.1. The third-order valence-electron chi connectivity index (χ3n) is 2.56. The van der Waals surface area contributed by atoms with E-state index in [0.29, 0.717) is 0 Å². The van der Waals surface area contributed by atoms with Crippen LogP contribution < -0.4 is 10.6 Å². The highest BCUT2D eigenvalue weighted by molar-refractivity contribution is 7.15. The Bertz CT molecular complexity index is 474. The molecule has 1 unspecified atom stereocenters. The Balaban J connectivity index is 2.14. The topological polar surface area (TPSA) is 42.2 Å². The monoisotopic (exact) mass is 267 g/mol. The zero-order valence-electron chi connectivity index (χ0n) is 10.3. The molecular weight excluding hydrogens is 250 g/mol. The summed E-state index contributed by atoms with van der Waals surface area (Å²) in [7, 11) is 2.07. The van der Waals surface area contributed by atoms with Gasteiger partial charge in [-0.05, 0) is 36.2 Å². The Morgan fingerprint density at radius 3 is 2.82 bits per heavy atom. The van der Waals surface area contributed by atoms with E-state index in [-0.39, 0.29) is 6.04 Å². The van der Waals surface area contributed by atoms with Crippen LogP contribution in [0.2, 0.25) is 0 Å². The maximum absolute atomic E-state index is 5.92. The minimum absolute atomic E-state index is 0.0656. The molecule has 0 spiro atoms. The lowest BCUT2D eigenvalue weighted by molar-refractivity contribution is 0.824. The van der Waals surface area contributed by atoms with Gasteiger partial charge in [-0.15, -0.1) is 11.3 Å². The first-order chi connectivity index (χ1) is 8.08. The molecule has 2 rings (SSSR count). The summed E-state index contributed by atoms with van der Waals surface area (Å²) in [6.07, 6.45) is 0. The summed E-state index contributed by atoms with van der Waals surface area (Å²) in [6, 6.07) is 2.21. The summed E-state index contributed by atoms with van der Waals surface area (Å²) in [6.45, 7) is 4.93. The fourth-order valence-corrected chi connectivity index (χ4v) is 3.34. The Labute approximate surface area is 110 Å². The standard InChI is InChI=1S/C12H17N3S2/c1-8(13)11-9(2)14-12(17-11)15(3)6-10-4-5-16-7-10/h4-5,7-8H,6,13H2,1-3H3. The maximum atomic E-state index is 5.92. The molecule has 0 bridgehead atoms. The highest BCUT2D eigenvalue weighted by Gasteiger charge is 2.14. The molecule has 0 amide bonds. The highest BCUT2D eigenvalue weighted by Crippen LogP contribution is 2.29. The number of thiophene rings is 1. The predicted octanol–water partition coefficient (Wildman–Crippen LogP) is 3.17. The quantitative estimate of drug-likeness (QED) is 0.925. The molecule has 0 aliphatic rings. The number of nitrogens with two attached hydrogens (primary N) is 1. The fraction of sp³-hybridized carbons (Fsp3) is 0.417. The van der Waals surface area contributed by atoms with Crippen LogP contribution in [0, 0.1) is 6.92 Å². The normalized spacial score (nSPS) is 12.7. The van der Waals surface area contributed by atoms with Crippen LogP contribution in [-0.2, 0) is 6.54 Å². The second-order valence-corrected chi connectivity index (χ2v) is 6.01. The zero-order valence-corrected chi connectivity index (χ0v) is 11.9. The maximum Gasteiger partial charge on any atom is 0.185 e. The smallest absolute Gasteiger partial charge is 0.185 e. The van der Waals surface area contributed by atoms with Gasteiger partial charge in [0.05, 0.1) is 5.69 Å². The molecular formula is C12H17N3S2. The van der Waals surface area contributed by atoms with Gasteiger partial charge in [0.25, 0.3) is 0 Å². The Kier molecular flexibility index (Phi) is 3.81. The van der Waals surface area contributed by atoms with E-state index in [2.05, 4.69) is 33.8 Å². The van der Waals surface area contributed by atoms with Crippen LogP contribution in [0.4, 0.5) is 5.13 Å².